The van der Waals surface area contributed by atoms with Gasteiger partial charge in [-0.05, 0) is 6.42 Å². The maximum atomic E-state index is 10.2. The van der Waals surface area contributed by atoms with Crippen molar-refractivity contribution in [1.29, 1.82) is 0 Å². The average molecular weight is 158 g/mol. The molecule has 2 heteroatoms. The van der Waals surface area contributed by atoms with Crippen molar-refractivity contribution in [2.45, 2.75) is 45.6 Å². The summed E-state index contributed by atoms with van der Waals surface area (Å²) in [5, 5.41) is 9.31. The number of aliphatic hydroxyl groups excluding tert-OH is 1. The molecule has 0 rings (SSSR count). The van der Waals surface area contributed by atoms with Crippen molar-refractivity contribution in [3.8, 4) is 0 Å². The van der Waals surface area contributed by atoms with Gasteiger partial charge in [0.05, 0.1) is 6.10 Å². The van der Waals surface area contributed by atoms with Crippen LogP contribution in [0.15, 0.2) is 0 Å². The fraction of sp³-hybridized carbons (Fsp3) is 0.889. The van der Waals surface area contributed by atoms with Crippen molar-refractivity contribution in [3.05, 3.63) is 0 Å². The molecule has 0 aromatic carbocycles. The molecule has 2 unspecified atom stereocenters. The number of unbranched alkanes of at least 4 members (excludes halogenated alkanes) is 2. The summed E-state index contributed by atoms with van der Waals surface area (Å²) in [6.07, 6.45) is 4.46. The van der Waals surface area contributed by atoms with E-state index in [1.165, 1.54) is 0 Å². The van der Waals surface area contributed by atoms with E-state index in [1.807, 2.05) is 0 Å². The van der Waals surface area contributed by atoms with Crippen LogP contribution in [0.2, 0.25) is 0 Å². The number of hydrogen-bond donors (Lipinski definition) is 1. The van der Waals surface area contributed by atoms with Crippen LogP contribution in [-0.2, 0) is 4.79 Å². The Bertz CT molecular complexity index is 102. The summed E-state index contributed by atoms with van der Waals surface area (Å²) in [6.45, 7) is 3.87. The van der Waals surface area contributed by atoms with E-state index < -0.39 is 6.10 Å². The molecule has 0 saturated carbocycles. The predicted molar refractivity (Wildman–Crippen MR) is 45.4 cm³/mol. The maximum Gasteiger partial charge on any atom is 0.125 e. The summed E-state index contributed by atoms with van der Waals surface area (Å²) in [6, 6.07) is 0. The molecule has 0 aromatic rings. The quantitative estimate of drug-likeness (QED) is 0.472. The normalized spacial score (nSPS) is 15.9. The Balaban J connectivity index is 3.35. The van der Waals surface area contributed by atoms with Crippen LogP contribution in [0, 0.1) is 5.92 Å². The third kappa shape index (κ3) is 4.96. The van der Waals surface area contributed by atoms with E-state index in [4.69, 9.17) is 0 Å². The monoisotopic (exact) mass is 158 g/mol. The molecule has 0 aliphatic heterocycles. The van der Waals surface area contributed by atoms with Gasteiger partial charge in [-0.2, -0.15) is 0 Å². The highest BCUT2D eigenvalue weighted by Gasteiger charge is 2.11. The van der Waals surface area contributed by atoms with E-state index in [0.29, 0.717) is 0 Å². The molecule has 0 bridgehead atoms. The number of hydrogen-bond acceptors (Lipinski definition) is 2. The van der Waals surface area contributed by atoms with E-state index in [9.17, 15) is 9.90 Å². The Hall–Kier alpha value is -0.370. The van der Waals surface area contributed by atoms with Gasteiger partial charge in [-0.15, -0.1) is 0 Å². The third-order valence-electron chi connectivity index (χ3n) is 1.93. The Kier molecular flexibility index (Phi) is 6.13. The van der Waals surface area contributed by atoms with Gasteiger partial charge in [-0.1, -0.05) is 33.1 Å². The van der Waals surface area contributed by atoms with Gasteiger partial charge in [-0.25, -0.2) is 0 Å². The Morgan fingerprint density at radius 1 is 1.45 bits per heavy atom. The molecule has 0 amide bonds. The molecular weight excluding hydrogens is 140 g/mol. The Morgan fingerprint density at radius 2 is 2.09 bits per heavy atom. The zero-order valence-electron chi connectivity index (χ0n) is 7.42. The van der Waals surface area contributed by atoms with Crippen molar-refractivity contribution in [2.75, 3.05) is 0 Å². The van der Waals surface area contributed by atoms with Crippen molar-refractivity contribution in [3.63, 3.8) is 0 Å². The predicted octanol–water partition coefficient (Wildman–Crippen LogP) is 1.76. The SMILES string of the molecule is CCCCCC(O)C(C)C=O. The topological polar surface area (TPSA) is 37.3 Å². The van der Waals surface area contributed by atoms with Gasteiger partial charge >= 0.3 is 0 Å². The van der Waals surface area contributed by atoms with Crippen molar-refractivity contribution in [1.82, 2.24) is 0 Å². The summed E-state index contributed by atoms with van der Waals surface area (Å²) in [4.78, 5) is 10.2. The fourth-order valence-electron chi connectivity index (χ4n) is 0.957. The minimum Gasteiger partial charge on any atom is -0.392 e. The van der Waals surface area contributed by atoms with Crippen molar-refractivity contribution < 1.29 is 9.90 Å². The van der Waals surface area contributed by atoms with Gasteiger partial charge in [0.1, 0.15) is 6.29 Å². The standard InChI is InChI=1S/C9H18O2/c1-3-4-5-6-9(11)8(2)7-10/h7-9,11H,3-6H2,1-2H3. The summed E-state index contributed by atoms with van der Waals surface area (Å²) < 4.78 is 0. The van der Waals surface area contributed by atoms with E-state index in [1.54, 1.807) is 6.92 Å². The van der Waals surface area contributed by atoms with E-state index in [0.717, 1.165) is 32.0 Å². The lowest BCUT2D eigenvalue weighted by Crippen LogP contribution is -2.18. The fourth-order valence-corrected chi connectivity index (χ4v) is 0.957. The molecule has 0 aliphatic carbocycles. The van der Waals surface area contributed by atoms with Crippen molar-refractivity contribution in [2.24, 2.45) is 5.92 Å². The van der Waals surface area contributed by atoms with Crippen LogP contribution in [0.3, 0.4) is 0 Å². The van der Waals surface area contributed by atoms with Crippen LogP contribution in [0.25, 0.3) is 0 Å². The highest BCUT2D eigenvalue weighted by molar-refractivity contribution is 5.53. The largest absolute Gasteiger partial charge is 0.392 e. The molecule has 0 aliphatic rings. The molecule has 0 radical (unpaired) electrons. The van der Waals surface area contributed by atoms with E-state index in [2.05, 4.69) is 6.92 Å². The second kappa shape index (κ2) is 6.35. The number of rotatable bonds is 6. The summed E-state index contributed by atoms with van der Waals surface area (Å²) >= 11 is 0. The van der Waals surface area contributed by atoms with E-state index in [-0.39, 0.29) is 5.92 Å². The zero-order chi connectivity index (χ0) is 8.69. The first-order valence-electron chi connectivity index (χ1n) is 4.35. The van der Waals surface area contributed by atoms with Gasteiger partial charge in [0, 0.05) is 5.92 Å². The molecule has 0 spiro atoms. The first kappa shape index (κ1) is 10.6. The first-order chi connectivity index (χ1) is 5.22. The molecule has 0 fully saturated rings. The van der Waals surface area contributed by atoms with Crippen LogP contribution in [0.5, 0.6) is 0 Å². The van der Waals surface area contributed by atoms with Gasteiger partial charge < -0.3 is 9.90 Å². The highest BCUT2D eigenvalue weighted by Crippen LogP contribution is 2.09. The van der Waals surface area contributed by atoms with Crippen LogP contribution < -0.4 is 0 Å². The number of carbonyl (C=O) groups excluding carboxylic acids is 1. The van der Waals surface area contributed by atoms with Gasteiger partial charge in [0.2, 0.25) is 0 Å². The lowest BCUT2D eigenvalue weighted by molar-refractivity contribution is -0.113. The molecule has 66 valence electrons. The van der Waals surface area contributed by atoms with Crippen LogP contribution in [-0.4, -0.2) is 17.5 Å². The zero-order valence-corrected chi connectivity index (χ0v) is 7.42. The molecule has 2 nitrogen and oxygen atoms in total. The third-order valence-corrected chi connectivity index (χ3v) is 1.93. The lowest BCUT2D eigenvalue weighted by Gasteiger charge is -2.11. The number of aliphatic hydroxyl groups is 1. The molecule has 0 saturated heterocycles. The highest BCUT2D eigenvalue weighted by atomic mass is 16.3. The van der Waals surface area contributed by atoms with Crippen LogP contribution >= 0.6 is 0 Å². The van der Waals surface area contributed by atoms with E-state index >= 15 is 0 Å². The second-order valence-corrected chi connectivity index (χ2v) is 3.06. The smallest absolute Gasteiger partial charge is 0.125 e. The molecular formula is C9H18O2. The van der Waals surface area contributed by atoms with Crippen LogP contribution in [0.1, 0.15) is 39.5 Å². The van der Waals surface area contributed by atoms with Gasteiger partial charge in [0.25, 0.3) is 0 Å². The van der Waals surface area contributed by atoms with Gasteiger partial charge in [0.15, 0.2) is 0 Å². The minimum absolute atomic E-state index is 0.202. The van der Waals surface area contributed by atoms with Crippen molar-refractivity contribution >= 4 is 6.29 Å². The number of aldehydes is 1. The summed E-state index contributed by atoms with van der Waals surface area (Å²) in [5.74, 6) is -0.202. The molecule has 11 heavy (non-hydrogen) atoms. The first-order valence-corrected chi connectivity index (χ1v) is 4.35. The Morgan fingerprint density at radius 3 is 2.55 bits per heavy atom. The minimum atomic E-state index is -0.431. The van der Waals surface area contributed by atoms with Gasteiger partial charge in [-0.3, -0.25) is 0 Å². The molecule has 0 heterocycles. The lowest BCUT2D eigenvalue weighted by atomic mass is 10.0. The Labute approximate surface area is 68.6 Å². The molecule has 1 N–H and O–H groups in total. The van der Waals surface area contributed by atoms with Crippen LogP contribution in [0.4, 0.5) is 0 Å². The second-order valence-electron chi connectivity index (χ2n) is 3.06. The average Bonchev–Trinajstić information content (AvgIpc) is 2.03. The molecule has 0 aromatic heterocycles. The maximum absolute atomic E-state index is 10.2. The molecule has 2 atom stereocenters. The number of carbonyl (C=O) groups is 1. The summed E-state index contributed by atoms with van der Waals surface area (Å²) in [7, 11) is 0. The summed E-state index contributed by atoms with van der Waals surface area (Å²) in [5.41, 5.74) is 0.